The molecule has 2 N–H and O–H groups in total. The number of rotatable bonds is 2. The summed E-state index contributed by atoms with van der Waals surface area (Å²) in [5.74, 6) is -0.403. The van der Waals surface area contributed by atoms with Gasteiger partial charge in [0.15, 0.2) is 0 Å². The molecule has 3 aromatic rings. The fraction of sp³-hybridized carbons (Fsp3) is 0.0625. The van der Waals surface area contributed by atoms with E-state index in [2.05, 4.69) is 35.8 Å². The monoisotopic (exact) mass is 250 g/mol. The van der Waals surface area contributed by atoms with Crippen LogP contribution in [0.1, 0.15) is 15.9 Å². The molecule has 0 saturated heterocycles. The van der Waals surface area contributed by atoms with Gasteiger partial charge in [-0.2, -0.15) is 0 Å². The first-order chi connectivity index (χ1) is 9.15. The second kappa shape index (κ2) is 4.28. The number of carbonyl (C=O) groups excluding carboxylic acids is 1. The molecule has 0 aliphatic heterocycles. The maximum Gasteiger partial charge on any atom is 0.248 e. The predicted molar refractivity (Wildman–Crippen MR) is 76.5 cm³/mol. The molecule has 0 radical (unpaired) electrons. The molecule has 0 saturated carbocycles. The molecule has 0 unspecified atom stereocenters. The Morgan fingerprint density at radius 1 is 1.05 bits per heavy atom. The highest BCUT2D eigenvalue weighted by molar-refractivity contribution is 5.93. The molecule has 1 amide bonds. The summed E-state index contributed by atoms with van der Waals surface area (Å²) in [6.45, 7) is 2.08. The summed E-state index contributed by atoms with van der Waals surface area (Å²) in [6.07, 6.45) is 2.03. The molecule has 1 heterocycles. The van der Waals surface area contributed by atoms with Crippen LogP contribution in [0.15, 0.2) is 54.7 Å². The van der Waals surface area contributed by atoms with Gasteiger partial charge in [-0.15, -0.1) is 0 Å². The standard InChI is InChI=1S/C16H14N2O/c1-11-2-3-12-8-9-18(15(12)10-11)14-6-4-13(5-7-14)16(17)19/h2-10H,1H3,(H2,17,19). The number of benzene rings is 2. The lowest BCUT2D eigenvalue weighted by Gasteiger charge is -2.06. The number of fused-ring (bicyclic) bond motifs is 1. The summed E-state index contributed by atoms with van der Waals surface area (Å²) in [7, 11) is 0. The Morgan fingerprint density at radius 2 is 1.79 bits per heavy atom. The van der Waals surface area contributed by atoms with E-state index in [1.54, 1.807) is 12.1 Å². The van der Waals surface area contributed by atoms with E-state index in [0.717, 1.165) is 11.2 Å². The normalized spacial score (nSPS) is 10.8. The summed E-state index contributed by atoms with van der Waals surface area (Å²) in [4.78, 5) is 11.1. The van der Waals surface area contributed by atoms with Crippen LogP contribution < -0.4 is 5.73 Å². The number of hydrogen-bond donors (Lipinski definition) is 1. The van der Waals surface area contributed by atoms with E-state index in [1.165, 1.54) is 10.9 Å². The second-order valence-electron chi connectivity index (χ2n) is 4.66. The fourth-order valence-corrected chi connectivity index (χ4v) is 2.25. The molecule has 3 nitrogen and oxygen atoms in total. The van der Waals surface area contributed by atoms with Crippen LogP contribution in [0.5, 0.6) is 0 Å². The van der Waals surface area contributed by atoms with Crippen molar-refractivity contribution in [2.45, 2.75) is 6.92 Å². The largest absolute Gasteiger partial charge is 0.366 e. The van der Waals surface area contributed by atoms with Crippen molar-refractivity contribution in [2.75, 3.05) is 0 Å². The van der Waals surface area contributed by atoms with E-state index in [-0.39, 0.29) is 0 Å². The first-order valence-corrected chi connectivity index (χ1v) is 6.13. The van der Waals surface area contributed by atoms with Gasteiger partial charge in [-0.25, -0.2) is 0 Å². The predicted octanol–water partition coefficient (Wildman–Crippen LogP) is 3.04. The Hall–Kier alpha value is -2.55. The van der Waals surface area contributed by atoms with Crippen LogP contribution in [0.2, 0.25) is 0 Å². The van der Waals surface area contributed by atoms with Crippen LogP contribution in [-0.2, 0) is 0 Å². The van der Waals surface area contributed by atoms with Crippen LogP contribution in [0, 0.1) is 6.92 Å². The Bertz CT molecular complexity index is 754. The van der Waals surface area contributed by atoms with Crippen molar-refractivity contribution in [3.63, 3.8) is 0 Å². The summed E-state index contributed by atoms with van der Waals surface area (Å²) in [6, 6.07) is 15.7. The van der Waals surface area contributed by atoms with Crippen LogP contribution in [0.3, 0.4) is 0 Å². The molecule has 1 aromatic heterocycles. The lowest BCUT2D eigenvalue weighted by atomic mass is 10.1. The average Bonchev–Trinajstić information content (AvgIpc) is 2.81. The van der Waals surface area contributed by atoms with Gasteiger partial charge in [0.1, 0.15) is 0 Å². The van der Waals surface area contributed by atoms with Gasteiger partial charge in [-0.3, -0.25) is 4.79 Å². The SMILES string of the molecule is Cc1ccc2ccn(-c3ccc(C(N)=O)cc3)c2c1. The van der Waals surface area contributed by atoms with E-state index < -0.39 is 5.91 Å². The number of hydrogen-bond acceptors (Lipinski definition) is 1. The second-order valence-corrected chi connectivity index (χ2v) is 4.66. The summed E-state index contributed by atoms with van der Waals surface area (Å²) < 4.78 is 2.10. The molecule has 0 aliphatic rings. The van der Waals surface area contributed by atoms with Crippen molar-refractivity contribution in [3.05, 3.63) is 65.9 Å². The van der Waals surface area contributed by atoms with Gasteiger partial charge in [-0.1, -0.05) is 12.1 Å². The minimum absolute atomic E-state index is 0.403. The Balaban J connectivity index is 2.13. The zero-order valence-corrected chi connectivity index (χ0v) is 10.6. The number of aryl methyl sites for hydroxylation is 1. The molecule has 94 valence electrons. The van der Waals surface area contributed by atoms with E-state index >= 15 is 0 Å². The number of aromatic nitrogens is 1. The Morgan fingerprint density at radius 3 is 2.47 bits per heavy atom. The molecule has 0 atom stereocenters. The highest BCUT2D eigenvalue weighted by atomic mass is 16.1. The maximum atomic E-state index is 11.1. The molecule has 2 aromatic carbocycles. The average molecular weight is 250 g/mol. The lowest BCUT2D eigenvalue weighted by molar-refractivity contribution is 0.100. The molecule has 3 heteroatoms. The van der Waals surface area contributed by atoms with Crippen LogP contribution in [0.4, 0.5) is 0 Å². The molecular formula is C16H14N2O. The minimum Gasteiger partial charge on any atom is -0.366 e. The summed E-state index contributed by atoms with van der Waals surface area (Å²) in [5, 5.41) is 1.20. The smallest absolute Gasteiger partial charge is 0.248 e. The molecule has 0 aliphatic carbocycles. The van der Waals surface area contributed by atoms with Crippen molar-refractivity contribution in [2.24, 2.45) is 5.73 Å². The number of carbonyl (C=O) groups is 1. The van der Waals surface area contributed by atoms with Crippen LogP contribution in [-0.4, -0.2) is 10.5 Å². The van der Waals surface area contributed by atoms with Gasteiger partial charge >= 0.3 is 0 Å². The highest BCUT2D eigenvalue weighted by Gasteiger charge is 2.05. The van der Waals surface area contributed by atoms with Gasteiger partial charge in [0, 0.05) is 17.4 Å². The number of nitrogens with zero attached hydrogens (tertiary/aromatic N) is 1. The quantitative estimate of drug-likeness (QED) is 0.746. The maximum absolute atomic E-state index is 11.1. The third-order valence-corrected chi connectivity index (χ3v) is 3.28. The highest BCUT2D eigenvalue weighted by Crippen LogP contribution is 2.21. The van der Waals surface area contributed by atoms with Gasteiger partial charge in [-0.05, 0) is 54.3 Å². The molecule has 0 spiro atoms. The molecule has 3 rings (SSSR count). The van der Waals surface area contributed by atoms with Crippen molar-refractivity contribution >= 4 is 16.8 Å². The fourth-order valence-electron chi connectivity index (χ4n) is 2.25. The van der Waals surface area contributed by atoms with Crippen molar-refractivity contribution in [3.8, 4) is 5.69 Å². The summed E-state index contributed by atoms with van der Waals surface area (Å²) >= 11 is 0. The van der Waals surface area contributed by atoms with Crippen molar-refractivity contribution in [1.29, 1.82) is 0 Å². The van der Waals surface area contributed by atoms with Crippen molar-refractivity contribution in [1.82, 2.24) is 4.57 Å². The molecule has 0 bridgehead atoms. The number of amides is 1. The topological polar surface area (TPSA) is 48.0 Å². The van der Waals surface area contributed by atoms with Crippen LogP contribution >= 0.6 is 0 Å². The summed E-state index contributed by atoms with van der Waals surface area (Å²) in [5.41, 5.74) is 9.17. The third-order valence-electron chi connectivity index (χ3n) is 3.28. The zero-order valence-electron chi connectivity index (χ0n) is 10.6. The van der Waals surface area contributed by atoms with E-state index in [0.29, 0.717) is 5.56 Å². The molecule has 19 heavy (non-hydrogen) atoms. The van der Waals surface area contributed by atoms with E-state index in [1.807, 2.05) is 18.3 Å². The van der Waals surface area contributed by atoms with Gasteiger partial charge in [0.05, 0.1) is 5.52 Å². The van der Waals surface area contributed by atoms with Gasteiger partial charge in [0.25, 0.3) is 0 Å². The molecular weight excluding hydrogens is 236 g/mol. The van der Waals surface area contributed by atoms with Gasteiger partial charge < -0.3 is 10.3 Å². The number of nitrogens with two attached hydrogens (primary N) is 1. The first-order valence-electron chi connectivity index (χ1n) is 6.13. The Labute approximate surface area is 111 Å². The zero-order chi connectivity index (χ0) is 13.4. The van der Waals surface area contributed by atoms with Gasteiger partial charge in [0.2, 0.25) is 5.91 Å². The van der Waals surface area contributed by atoms with Crippen LogP contribution in [0.25, 0.3) is 16.6 Å². The Kier molecular flexibility index (Phi) is 2.60. The first kappa shape index (κ1) is 11.5. The minimum atomic E-state index is -0.403. The lowest BCUT2D eigenvalue weighted by Crippen LogP contribution is -2.10. The van der Waals surface area contributed by atoms with Crippen molar-refractivity contribution < 1.29 is 4.79 Å². The third kappa shape index (κ3) is 1.99. The number of primary amides is 1. The molecule has 0 fully saturated rings. The van der Waals surface area contributed by atoms with E-state index in [9.17, 15) is 4.79 Å². The van der Waals surface area contributed by atoms with E-state index in [4.69, 9.17) is 5.73 Å².